The number of ketones is 2. The van der Waals surface area contributed by atoms with Crippen LogP contribution in [0.2, 0.25) is 0 Å². The number of hydrogen-bond acceptors (Lipinski definition) is 13. The minimum Gasteiger partial charge on any atom is -0.508 e. The highest BCUT2D eigenvalue weighted by Gasteiger charge is 2.59. The number of esters is 1. The van der Waals surface area contributed by atoms with Crippen molar-refractivity contribution in [3.05, 3.63) is 92.6 Å². The van der Waals surface area contributed by atoms with Gasteiger partial charge < -0.3 is 35.6 Å². The van der Waals surface area contributed by atoms with E-state index in [1.807, 2.05) is 0 Å². The number of primary amides is 1. The van der Waals surface area contributed by atoms with E-state index in [0.717, 1.165) is 0 Å². The summed E-state index contributed by atoms with van der Waals surface area (Å²) in [6.07, 6.45) is 0.822. The monoisotopic (exact) mass is 628 g/mol. The average Bonchev–Trinajstić information content (AvgIpc) is 3.57. The molecule has 2 amide bonds. The van der Waals surface area contributed by atoms with Crippen molar-refractivity contribution < 1.29 is 48.6 Å². The number of hydrogen-bond donors (Lipinski definition) is 5. The molecule has 1 heterocycles. The highest BCUT2D eigenvalue weighted by Crippen LogP contribution is 2.52. The molecule has 15 heteroatoms. The zero-order chi connectivity index (χ0) is 33.1. The predicted molar refractivity (Wildman–Crippen MR) is 155 cm³/mol. The maximum atomic E-state index is 14.0. The van der Waals surface area contributed by atoms with E-state index < -0.39 is 69.6 Å². The van der Waals surface area contributed by atoms with Crippen LogP contribution in [0, 0.1) is 16.7 Å². The summed E-state index contributed by atoms with van der Waals surface area (Å²) < 4.78 is 9.77. The molecular weight excluding hydrogens is 604 g/mol. The Morgan fingerprint density at radius 2 is 1.89 bits per heavy atom. The number of nitroso groups, excluding NO2 is 1. The van der Waals surface area contributed by atoms with Gasteiger partial charge in [0, 0.05) is 29.7 Å². The molecule has 3 aliphatic rings. The van der Waals surface area contributed by atoms with Crippen molar-refractivity contribution in [3.8, 4) is 16.9 Å². The molecule has 0 saturated heterocycles. The number of nitrogens with zero attached hydrogens (tertiary/aromatic N) is 2. The number of aromatic hydroxyl groups is 1. The van der Waals surface area contributed by atoms with Crippen molar-refractivity contribution in [2.45, 2.75) is 24.9 Å². The van der Waals surface area contributed by atoms with E-state index in [-0.39, 0.29) is 47.4 Å². The standard InChI is InChI=1S/C31H24N4O11/c1-45-30(42)14-6-12(8-16(9-14)34-29(41)21-4-5-33-46-21)17-2-3-20(36)23-18(17)10-13-7-15-11-19(35-44)24(28(32)40)27(39)31(15,43)26(38)22(13)25(23)37/h2-6,8-9,13,15,36,38,43H,7,10-11H2,1H3,(H2,32,40)(H,34,41)/t13-,15+,31+/m1/s1. The lowest BCUT2D eigenvalue weighted by Crippen LogP contribution is -2.57. The fourth-order valence-corrected chi connectivity index (χ4v) is 6.59. The third-order valence-corrected chi connectivity index (χ3v) is 8.64. The third-order valence-electron chi connectivity index (χ3n) is 8.64. The van der Waals surface area contributed by atoms with Crippen LogP contribution in [0.4, 0.5) is 5.69 Å². The molecule has 234 valence electrons. The topological polar surface area (TPSA) is 249 Å². The van der Waals surface area contributed by atoms with E-state index in [0.29, 0.717) is 16.7 Å². The van der Waals surface area contributed by atoms with Crippen LogP contribution < -0.4 is 11.1 Å². The molecule has 0 radical (unpaired) electrons. The van der Waals surface area contributed by atoms with Crippen LogP contribution in [0.3, 0.4) is 0 Å². The summed E-state index contributed by atoms with van der Waals surface area (Å²) in [6.45, 7) is 0. The Kier molecular flexibility index (Phi) is 7.12. The maximum Gasteiger partial charge on any atom is 0.337 e. The van der Waals surface area contributed by atoms with Crippen LogP contribution >= 0.6 is 0 Å². The van der Waals surface area contributed by atoms with Crippen LogP contribution in [0.5, 0.6) is 5.75 Å². The van der Waals surface area contributed by atoms with E-state index in [1.54, 1.807) is 0 Å². The smallest absolute Gasteiger partial charge is 0.337 e. The molecule has 3 aliphatic carbocycles. The van der Waals surface area contributed by atoms with Gasteiger partial charge in [0.15, 0.2) is 11.4 Å². The van der Waals surface area contributed by atoms with E-state index in [4.69, 9.17) is 15.0 Å². The number of aliphatic hydroxyl groups excluding tert-OH is 1. The Bertz CT molecular complexity index is 1960. The molecule has 0 fully saturated rings. The summed E-state index contributed by atoms with van der Waals surface area (Å²) in [5, 5.41) is 42.5. The second-order valence-electron chi connectivity index (χ2n) is 11.1. The van der Waals surface area contributed by atoms with Gasteiger partial charge in [-0.2, -0.15) is 0 Å². The SMILES string of the molecule is COC(=O)c1cc(NC(=O)c2ccno2)cc(-c2ccc(O)c3c2C[C@H]2C[C@H]4CC(N=O)=C(C(N)=O)C(=O)[C@@]4(O)C(O)=C2C3=O)c1. The molecule has 3 atom stereocenters. The fraction of sp³-hybridized carbons (Fsp3) is 0.226. The zero-order valence-corrected chi connectivity index (χ0v) is 23.9. The fourth-order valence-electron chi connectivity index (χ4n) is 6.59. The first kappa shape index (κ1) is 30.1. The van der Waals surface area contributed by atoms with Gasteiger partial charge in [-0.15, -0.1) is 4.91 Å². The van der Waals surface area contributed by atoms with Gasteiger partial charge >= 0.3 is 5.97 Å². The van der Waals surface area contributed by atoms with E-state index in [9.17, 15) is 44.2 Å². The summed E-state index contributed by atoms with van der Waals surface area (Å²) in [7, 11) is 1.18. The van der Waals surface area contributed by atoms with Gasteiger partial charge in [0.2, 0.25) is 11.5 Å². The summed E-state index contributed by atoms with van der Waals surface area (Å²) in [4.78, 5) is 76.0. The van der Waals surface area contributed by atoms with Gasteiger partial charge in [0.25, 0.3) is 11.8 Å². The van der Waals surface area contributed by atoms with Crippen molar-refractivity contribution >= 4 is 35.0 Å². The normalized spacial score (nSPS) is 22.0. The molecule has 0 unspecified atom stereocenters. The third kappa shape index (κ3) is 4.47. The lowest BCUT2D eigenvalue weighted by Gasteiger charge is -2.45. The van der Waals surface area contributed by atoms with Gasteiger partial charge in [-0.25, -0.2) is 4.79 Å². The summed E-state index contributed by atoms with van der Waals surface area (Å²) in [5.74, 6) is -8.43. The molecule has 1 aromatic heterocycles. The number of fused-ring (bicyclic) bond motifs is 3. The van der Waals surface area contributed by atoms with Crippen LogP contribution in [0.25, 0.3) is 11.1 Å². The Balaban J connectivity index is 1.48. The molecular formula is C31H24N4O11. The van der Waals surface area contributed by atoms with Crippen LogP contribution in [-0.2, 0) is 20.7 Å². The number of phenols is 1. The van der Waals surface area contributed by atoms with Crippen molar-refractivity contribution in [2.75, 3.05) is 12.4 Å². The first-order valence-electron chi connectivity index (χ1n) is 13.8. The predicted octanol–water partition coefficient (Wildman–Crippen LogP) is 2.48. The Morgan fingerprint density at radius 3 is 2.54 bits per heavy atom. The first-order valence-corrected chi connectivity index (χ1v) is 13.8. The van der Waals surface area contributed by atoms with Crippen LogP contribution in [0.15, 0.2) is 74.9 Å². The Labute approximate surface area is 258 Å². The number of carbonyl (C=O) groups excluding carboxylic acids is 5. The van der Waals surface area contributed by atoms with Gasteiger partial charge in [-0.1, -0.05) is 11.2 Å². The van der Waals surface area contributed by atoms with Gasteiger partial charge in [-0.3, -0.25) is 19.2 Å². The number of aromatic nitrogens is 1. The van der Waals surface area contributed by atoms with E-state index in [2.05, 4.69) is 15.7 Å². The van der Waals surface area contributed by atoms with Gasteiger partial charge in [0.1, 0.15) is 22.8 Å². The molecule has 15 nitrogen and oxygen atoms in total. The highest BCUT2D eigenvalue weighted by molar-refractivity contribution is 6.25. The number of aliphatic hydroxyl groups is 2. The molecule has 0 aliphatic heterocycles. The van der Waals surface area contributed by atoms with Crippen molar-refractivity contribution in [3.63, 3.8) is 0 Å². The number of carbonyl (C=O) groups is 5. The van der Waals surface area contributed by atoms with Crippen LogP contribution in [-0.4, -0.2) is 62.5 Å². The number of methoxy groups -OCH3 is 1. The maximum absolute atomic E-state index is 14.0. The number of phenolic OH excluding ortho intramolecular Hbond substituents is 1. The summed E-state index contributed by atoms with van der Waals surface area (Å²) in [6, 6.07) is 8.44. The molecule has 6 N–H and O–H groups in total. The van der Waals surface area contributed by atoms with Crippen molar-refractivity contribution in [1.29, 1.82) is 0 Å². The number of Topliss-reactive ketones (excluding diaryl/α,β-unsaturated/α-hetero) is 2. The number of rotatable bonds is 6. The molecule has 46 heavy (non-hydrogen) atoms. The lowest BCUT2D eigenvalue weighted by molar-refractivity contribution is -0.143. The average molecular weight is 629 g/mol. The molecule has 2 aromatic carbocycles. The number of benzene rings is 2. The number of ether oxygens (including phenoxy) is 1. The lowest BCUT2D eigenvalue weighted by atomic mass is 9.59. The minimum absolute atomic E-state index is 0.00339. The number of allylic oxidation sites excluding steroid dienone is 2. The minimum atomic E-state index is -2.73. The number of nitrogens with two attached hydrogens (primary N) is 1. The molecule has 0 spiro atoms. The molecule has 0 bridgehead atoms. The molecule has 3 aromatic rings. The largest absolute Gasteiger partial charge is 0.508 e. The second-order valence-corrected chi connectivity index (χ2v) is 11.1. The highest BCUT2D eigenvalue weighted by atomic mass is 16.5. The van der Waals surface area contributed by atoms with Crippen LogP contribution in [0.1, 0.15) is 49.7 Å². The van der Waals surface area contributed by atoms with Crippen molar-refractivity contribution in [1.82, 2.24) is 5.16 Å². The summed E-state index contributed by atoms with van der Waals surface area (Å²) in [5.41, 5.74) is 1.92. The first-order chi connectivity index (χ1) is 21.9. The molecule has 6 rings (SSSR count). The van der Waals surface area contributed by atoms with Gasteiger partial charge in [0.05, 0.1) is 24.4 Å². The second kappa shape index (κ2) is 10.9. The molecule has 0 saturated carbocycles. The quantitative estimate of drug-likeness (QED) is 0.150. The Morgan fingerprint density at radius 1 is 1.13 bits per heavy atom. The summed E-state index contributed by atoms with van der Waals surface area (Å²) >= 11 is 0. The number of nitrogens with one attached hydrogen (secondary N) is 1. The van der Waals surface area contributed by atoms with E-state index in [1.165, 1.54) is 49.7 Å². The van der Waals surface area contributed by atoms with Gasteiger partial charge in [-0.05, 0) is 64.9 Å². The Hall–Kier alpha value is -5.96. The van der Waals surface area contributed by atoms with E-state index >= 15 is 0 Å². The van der Waals surface area contributed by atoms with Crippen molar-refractivity contribution in [2.24, 2.45) is 22.7 Å². The number of amides is 2. The zero-order valence-electron chi connectivity index (χ0n) is 23.9. The number of anilines is 1.